The number of rotatable bonds is 11. The first-order valence-corrected chi connectivity index (χ1v) is 15.6. The van der Waals surface area contributed by atoms with Gasteiger partial charge < -0.3 is 33.7 Å². The van der Waals surface area contributed by atoms with Crippen LogP contribution in [0.25, 0.3) is 0 Å². The summed E-state index contributed by atoms with van der Waals surface area (Å²) in [6.07, 6.45) is 1.51. The Morgan fingerprint density at radius 2 is 1.43 bits per heavy atom. The van der Waals surface area contributed by atoms with Crippen molar-refractivity contribution in [1.29, 1.82) is 0 Å². The van der Waals surface area contributed by atoms with Gasteiger partial charge in [0.1, 0.15) is 0 Å². The number of carboxylic acids is 1. The highest BCUT2D eigenvalue weighted by Crippen LogP contribution is 2.50. The van der Waals surface area contributed by atoms with E-state index in [1.807, 2.05) is 53.4 Å². The van der Waals surface area contributed by atoms with Gasteiger partial charge in [-0.3, -0.25) is 14.5 Å². The summed E-state index contributed by atoms with van der Waals surface area (Å²) in [5.41, 5.74) is 0.506. The largest absolute Gasteiger partial charge is 0.493 e. The second-order valence-corrected chi connectivity index (χ2v) is 12.0. The summed E-state index contributed by atoms with van der Waals surface area (Å²) in [6.45, 7) is 4.32. The average molecular weight is 633 g/mol. The number of likely N-dealkylation sites (tertiary alicyclic amines) is 2. The molecule has 2 aliphatic heterocycles. The van der Waals surface area contributed by atoms with Gasteiger partial charge in [0.05, 0.1) is 41.0 Å². The lowest BCUT2D eigenvalue weighted by Crippen LogP contribution is -2.60. The molecular formula is C36H44N2O8. The summed E-state index contributed by atoms with van der Waals surface area (Å²) in [7, 11) is 7.77. The van der Waals surface area contributed by atoms with Crippen LogP contribution in [0.5, 0.6) is 28.7 Å². The average Bonchev–Trinajstić information content (AvgIpc) is 3.56. The van der Waals surface area contributed by atoms with Crippen molar-refractivity contribution in [3.63, 3.8) is 0 Å². The van der Waals surface area contributed by atoms with E-state index in [0.717, 1.165) is 17.7 Å². The van der Waals surface area contributed by atoms with Crippen LogP contribution in [0.15, 0.2) is 60.7 Å². The molecular weight excluding hydrogens is 588 g/mol. The molecule has 0 aromatic heterocycles. The molecule has 10 nitrogen and oxygen atoms in total. The van der Waals surface area contributed by atoms with Gasteiger partial charge in [0.2, 0.25) is 5.75 Å². The van der Waals surface area contributed by atoms with E-state index in [4.69, 9.17) is 23.7 Å². The van der Waals surface area contributed by atoms with E-state index in [2.05, 4.69) is 11.8 Å². The van der Waals surface area contributed by atoms with E-state index in [1.165, 1.54) is 21.3 Å². The Kier molecular flexibility index (Phi) is 9.67. The minimum Gasteiger partial charge on any atom is -0.493 e. The molecule has 0 saturated carbocycles. The SMILES string of the molecule is CCN1CCC(C(=O)O)(c2ccccc2)CC1C1(c2ccc(OC)c(OC)c2)CCN(C(=O)c2cc(OC)c(OC)c(OC)c2)C1. The molecule has 5 rings (SSSR count). The lowest BCUT2D eigenvalue weighted by Gasteiger charge is -2.52. The molecule has 3 aromatic carbocycles. The molecule has 3 unspecified atom stereocenters. The van der Waals surface area contributed by atoms with Crippen LogP contribution >= 0.6 is 0 Å². The van der Waals surface area contributed by atoms with Gasteiger partial charge in [-0.1, -0.05) is 43.3 Å². The van der Waals surface area contributed by atoms with Crippen LogP contribution in [-0.4, -0.2) is 94.6 Å². The maximum absolute atomic E-state index is 14.2. The number of ether oxygens (including phenoxy) is 5. The normalized spacial score (nSPS) is 23.1. The van der Waals surface area contributed by atoms with Crippen LogP contribution in [-0.2, 0) is 15.6 Å². The highest BCUT2D eigenvalue weighted by atomic mass is 16.5. The van der Waals surface area contributed by atoms with E-state index in [-0.39, 0.29) is 11.9 Å². The molecule has 2 aliphatic rings. The first-order chi connectivity index (χ1) is 22.2. The fourth-order valence-electron chi connectivity index (χ4n) is 7.55. The van der Waals surface area contributed by atoms with Gasteiger partial charge in [-0.2, -0.15) is 0 Å². The predicted octanol–water partition coefficient (Wildman–Crippen LogP) is 5.02. The van der Waals surface area contributed by atoms with Crippen molar-refractivity contribution in [2.24, 2.45) is 0 Å². The molecule has 2 saturated heterocycles. The van der Waals surface area contributed by atoms with Crippen molar-refractivity contribution >= 4 is 11.9 Å². The third kappa shape index (κ3) is 5.59. The molecule has 0 radical (unpaired) electrons. The molecule has 2 heterocycles. The Hall–Kier alpha value is -4.44. The van der Waals surface area contributed by atoms with E-state index in [0.29, 0.717) is 73.2 Å². The number of amides is 1. The molecule has 0 bridgehead atoms. The Morgan fingerprint density at radius 3 is 2.00 bits per heavy atom. The second kappa shape index (κ2) is 13.5. The van der Waals surface area contributed by atoms with Gasteiger partial charge in [-0.25, -0.2) is 0 Å². The van der Waals surface area contributed by atoms with E-state index in [9.17, 15) is 14.7 Å². The number of carbonyl (C=O) groups is 2. The fraction of sp³-hybridized carbons (Fsp3) is 0.444. The Bertz CT molecular complexity index is 1540. The predicted molar refractivity (Wildman–Crippen MR) is 174 cm³/mol. The number of nitrogens with zero attached hydrogens (tertiary/aromatic N) is 2. The molecule has 2 fully saturated rings. The Morgan fingerprint density at radius 1 is 0.783 bits per heavy atom. The number of carbonyl (C=O) groups excluding carboxylic acids is 1. The third-order valence-corrected chi connectivity index (χ3v) is 10.0. The summed E-state index contributed by atoms with van der Waals surface area (Å²) in [5, 5.41) is 10.8. The number of hydrogen-bond donors (Lipinski definition) is 1. The zero-order chi connectivity index (χ0) is 33.1. The number of carboxylic acid groups (broad SMARTS) is 1. The number of benzene rings is 3. The van der Waals surface area contributed by atoms with Crippen LogP contribution < -0.4 is 23.7 Å². The van der Waals surface area contributed by atoms with Gasteiger partial charge in [0.15, 0.2) is 23.0 Å². The zero-order valence-electron chi connectivity index (χ0n) is 27.5. The fourth-order valence-corrected chi connectivity index (χ4v) is 7.55. The van der Waals surface area contributed by atoms with Crippen LogP contribution in [0.4, 0.5) is 0 Å². The zero-order valence-corrected chi connectivity index (χ0v) is 27.5. The smallest absolute Gasteiger partial charge is 0.314 e. The van der Waals surface area contributed by atoms with Crippen molar-refractivity contribution in [3.8, 4) is 28.7 Å². The van der Waals surface area contributed by atoms with Gasteiger partial charge in [0.25, 0.3) is 5.91 Å². The number of piperidine rings is 1. The molecule has 3 aromatic rings. The van der Waals surface area contributed by atoms with Crippen molar-refractivity contribution < 1.29 is 38.4 Å². The number of likely N-dealkylation sites (N-methyl/N-ethyl adjacent to an activating group) is 1. The molecule has 46 heavy (non-hydrogen) atoms. The number of methoxy groups -OCH3 is 5. The minimum atomic E-state index is -1.07. The molecule has 3 atom stereocenters. The summed E-state index contributed by atoms with van der Waals surface area (Å²) in [5.74, 6) is 1.39. The van der Waals surface area contributed by atoms with E-state index in [1.54, 1.807) is 26.4 Å². The lowest BCUT2D eigenvalue weighted by atomic mass is 9.62. The maximum Gasteiger partial charge on any atom is 0.314 e. The van der Waals surface area contributed by atoms with Gasteiger partial charge in [-0.05, 0) is 67.7 Å². The quantitative estimate of drug-likeness (QED) is 0.312. The maximum atomic E-state index is 14.2. The number of aliphatic carboxylic acids is 1. The lowest BCUT2D eigenvalue weighted by molar-refractivity contribution is -0.147. The number of hydrogen-bond acceptors (Lipinski definition) is 8. The minimum absolute atomic E-state index is 0.173. The van der Waals surface area contributed by atoms with Gasteiger partial charge in [-0.15, -0.1) is 0 Å². The molecule has 246 valence electrons. The van der Waals surface area contributed by atoms with E-state index >= 15 is 0 Å². The standard InChI is InChI=1S/C36H44N2O8/c1-7-37-17-15-35(34(40)41,25-11-9-8-10-12-25)22-31(37)36(26-13-14-27(42-2)28(21-26)43-3)16-18-38(23-36)33(39)24-19-29(44-4)32(46-6)30(20-24)45-5/h8-14,19-21,31H,7,15-18,22-23H2,1-6H3,(H,40,41). The Labute approximate surface area is 270 Å². The summed E-state index contributed by atoms with van der Waals surface area (Å²) in [6, 6.07) is 18.6. The van der Waals surface area contributed by atoms with Crippen molar-refractivity contribution in [1.82, 2.24) is 9.80 Å². The van der Waals surface area contributed by atoms with Crippen molar-refractivity contribution in [3.05, 3.63) is 77.4 Å². The molecule has 0 aliphatic carbocycles. The monoisotopic (exact) mass is 632 g/mol. The summed E-state index contributed by atoms with van der Waals surface area (Å²) in [4.78, 5) is 31.7. The topological polar surface area (TPSA) is 107 Å². The highest BCUT2D eigenvalue weighted by molar-refractivity contribution is 5.96. The van der Waals surface area contributed by atoms with Gasteiger partial charge >= 0.3 is 5.97 Å². The highest BCUT2D eigenvalue weighted by Gasteiger charge is 2.56. The first-order valence-electron chi connectivity index (χ1n) is 15.6. The summed E-state index contributed by atoms with van der Waals surface area (Å²) >= 11 is 0. The third-order valence-electron chi connectivity index (χ3n) is 10.0. The van der Waals surface area contributed by atoms with E-state index < -0.39 is 16.8 Å². The van der Waals surface area contributed by atoms with Crippen LogP contribution in [0.3, 0.4) is 0 Å². The molecule has 0 spiro atoms. The van der Waals surface area contributed by atoms with Crippen LogP contribution in [0.2, 0.25) is 0 Å². The van der Waals surface area contributed by atoms with Gasteiger partial charge in [0, 0.05) is 30.1 Å². The second-order valence-electron chi connectivity index (χ2n) is 12.0. The van der Waals surface area contributed by atoms with Crippen LogP contribution in [0, 0.1) is 0 Å². The Balaban J connectivity index is 1.63. The van der Waals surface area contributed by atoms with Crippen molar-refractivity contribution in [2.75, 3.05) is 61.7 Å². The van der Waals surface area contributed by atoms with Crippen molar-refractivity contribution in [2.45, 2.75) is 43.1 Å². The molecule has 10 heteroatoms. The van der Waals surface area contributed by atoms with Crippen LogP contribution in [0.1, 0.15) is 47.7 Å². The first kappa shape index (κ1) is 32.9. The molecule has 1 amide bonds. The molecule has 1 N–H and O–H groups in total. The summed E-state index contributed by atoms with van der Waals surface area (Å²) < 4.78 is 27.9.